The molecule has 0 saturated heterocycles. The van der Waals surface area contributed by atoms with Crippen LogP contribution in [0.4, 0.5) is 0 Å². The van der Waals surface area contributed by atoms with Crippen LogP contribution in [0.1, 0.15) is 7.43 Å². The van der Waals surface area contributed by atoms with Gasteiger partial charge < -0.3 is 0 Å². The molecular formula is CH11AlCrCuSiTi. The Bertz CT molecular complexity index is 15.5. The largest absolute Gasteiger partial charge is 0.187 e. The van der Waals surface area contributed by atoms with Crippen LogP contribution in [0.2, 0.25) is 0 Å². The van der Waals surface area contributed by atoms with E-state index in [2.05, 4.69) is 0 Å². The maximum absolute atomic E-state index is 0. The van der Waals surface area contributed by atoms with Gasteiger partial charge in [-0.15, -0.1) is 0 Å². The van der Waals surface area contributed by atoms with Crippen LogP contribution < -0.4 is 0 Å². The zero-order valence-electron chi connectivity index (χ0n) is 1.21. The van der Waals surface area contributed by atoms with Gasteiger partial charge in [0.15, 0.2) is 17.4 Å². The van der Waals surface area contributed by atoms with E-state index in [9.17, 15) is 0 Å². The van der Waals surface area contributed by atoms with Gasteiger partial charge in [-0.1, -0.05) is 7.43 Å². The fourth-order valence-electron chi connectivity index (χ4n) is 0. The molecule has 0 atom stereocenters. The Hall–Kier alpha value is 2.52. The molecule has 0 spiro atoms. The quantitative estimate of drug-likeness (QED) is 0.430. The second kappa shape index (κ2) is 50.4. The minimum Gasteiger partial charge on any atom is -0.0776 e. The molecule has 0 aromatic carbocycles. The van der Waals surface area contributed by atoms with Crippen LogP contribution >= 0.6 is 0 Å². The molecule has 5 heteroatoms. The summed E-state index contributed by atoms with van der Waals surface area (Å²) in [5.74, 6) is 0. The summed E-state index contributed by atoms with van der Waals surface area (Å²) in [6.07, 6.45) is 0. The number of hydrogen-bond donors (Lipinski definition) is 0. The van der Waals surface area contributed by atoms with Crippen LogP contribution in [-0.2, 0) is 56.1 Å². The van der Waals surface area contributed by atoms with Crippen molar-refractivity contribution in [2.24, 2.45) is 0 Å². The molecule has 43 valence electrons. The third-order valence-electron chi connectivity index (χ3n) is 0. The molecule has 0 bridgehead atoms. The van der Waals surface area contributed by atoms with Gasteiger partial charge in [-0.05, 0) is 11.0 Å². The SMILES string of the molecule is C.[AlH3].[Cr].[Cu].[SiH4].[Ti]. The molecule has 0 fully saturated rings. The molecule has 0 heterocycles. The van der Waals surface area contributed by atoms with Gasteiger partial charge in [-0.2, -0.15) is 0 Å². The molecule has 0 nitrogen and oxygen atoms in total. The van der Waals surface area contributed by atoms with Crippen LogP contribution in [-0.4, -0.2) is 28.3 Å². The van der Waals surface area contributed by atoms with E-state index in [0.717, 1.165) is 0 Å². The molecule has 0 aliphatic rings. The third-order valence-corrected chi connectivity index (χ3v) is 0. The second-order valence-electron chi connectivity index (χ2n) is 0. The van der Waals surface area contributed by atoms with Crippen molar-refractivity contribution in [3.8, 4) is 0 Å². The fraction of sp³-hybridized carbons (Fsp3) is 1.00. The smallest absolute Gasteiger partial charge is 0.0776 e. The van der Waals surface area contributed by atoms with Gasteiger partial charge >= 0.3 is 0 Å². The van der Waals surface area contributed by atoms with Gasteiger partial charge in [0.25, 0.3) is 0 Å². The van der Waals surface area contributed by atoms with Crippen molar-refractivity contribution in [3.63, 3.8) is 0 Å². The summed E-state index contributed by atoms with van der Waals surface area (Å²) < 4.78 is 0. The van der Waals surface area contributed by atoms with Crippen LogP contribution in [0.25, 0.3) is 0 Å². The topological polar surface area (TPSA) is 0 Å². The summed E-state index contributed by atoms with van der Waals surface area (Å²) in [5.41, 5.74) is 0. The molecule has 6 heavy (non-hydrogen) atoms. The van der Waals surface area contributed by atoms with Crippen molar-refractivity contribution in [1.82, 2.24) is 0 Å². The van der Waals surface area contributed by atoms with Gasteiger partial charge in [0.1, 0.15) is 0 Å². The predicted molar refractivity (Wildman–Crippen MR) is 28.0 cm³/mol. The molecule has 0 amide bonds. The molecule has 0 unspecified atom stereocenters. The summed E-state index contributed by atoms with van der Waals surface area (Å²) in [4.78, 5) is 0. The van der Waals surface area contributed by atoms with Crippen molar-refractivity contribution in [2.45, 2.75) is 7.43 Å². The van der Waals surface area contributed by atoms with Crippen LogP contribution in [0.3, 0.4) is 0 Å². The molecule has 0 aromatic rings. The monoisotopic (exact) mass is 241 g/mol. The first-order chi connectivity index (χ1) is 0. The molecule has 0 aromatic heterocycles. The van der Waals surface area contributed by atoms with E-state index in [0.29, 0.717) is 0 Å². The Kier molecular flexibility index (Phi) is 639. The summed E-state index contributed by atoms with van der Waals surface area (Å²) in [6, 6.07) is 0. The second-order valence-corrected chi connectivity index (χ2v) is 0. The molecule has 0 aliphatic carbocycles. The van der Waals surface area contributed by atoms with Crippen molar-refractivity contribution < 1.29 is 56.1 Å². The van der Waals surface area contributed by atoms with E-state index in [1.807, 2.05) is 0 Å². The first-order valence-electron chi connectivity index (χ1n) is 0. The number of rotatable bonds is 0. The molecule has 0 N–H and O–H groups in total. The Morgan fingerprint density at radius 2 is 1.00 bits per heavy atom. The fourth-order valence-corrected chi connectivity index (χ4v) is 0. The van der Waals surface area contributed by atoms with E-state index < -0.39 is 0 Å². The van der Waals surface area contributed by atoms with E-state index in [-0.39, 0.29) is 91.9 Å². The Morgan fingerprint density at radius 3 is 1.00 bits per heavy atom. The first kappa shape index (κ1) is 76.0. The predicted octanol–water partition coefficient (Wildman–Crippen LogP) is -2.01. The standard InChI is InChI=1S/CH4.Al.Cr.Cu.H4Si.Ti.3H/h1H4;;;;1H4;;;;. The minimum absolute atomic E-state index is 0. The normalized spacial score (nSPS) is 0. The molecule has 0 saturated carbocycles. The van der Waals surface area contributed by atoms with E-state index in [1.165, 1.54) is 0 Å². The van der Waals surface area contributed by atoms with Crippen molar-refractivity contribution in [3.05, 3.63) is 0 Å². The Balaban J connectivity index is 0. The van der Waals surface area contributed by atoms with Crippen molar-refractivity contribution in [1.29, 1.82) is 0 Å². The van der Waals surface area contributed by atoms with Crippen LogP contribution in [0.15, 0.2) is 0 Å². The van der Waals surface area contributed by atoms with Crippen LogP contribution in [0.5, 0.6) is 0 Å². The van der Waals surface area contributed by atoms with Gasteiger partial charge in [0.2, 0.25) is 0 Å². The van der Waals surface area contributed by atoms with Crippen molar-refractivity contribution in [2.75, 3.05) is 0 Å². The Labute approximate surface area is 90.9 Å². The summed E-state index contributed by atoms with van der Waals surface area (Å²) >= 11 is 0. The zero-order valence-corrected chi connectivity index (χ0v) is 4.99. The maximum Gasteiger partial charge on any atom is 0.187 e. The van der Waals surface area contributed by atoms with E-state index in [1.54, 1.807) is 0 Å². The summed E-state index contributed by atoms with van der Waals surface area (Å²) in [6.45, 7) is 0. The molecule has 0 rings (SSSR count). The average Bonchev–Trinajstić information content (AvgIpc) is 0. The zero-order chi connectivity index (χ0) is 0. The molecule has 0 aliphatic heterocycles. The maximum atomic E-state index is 0. The van der Waals surface area contributed by atoms with Gasteiger partial charge in [0, 0.05) is 56.1 Å². The summed E-state index contributed by atoms with van der Waals surface area (Å²) in [7, 11) is 0. The van der Waals surface area contributed by atoms with Gasteiger partial charge in [-0.25, -0.2) is 0 Å². The van der Waals surface area contributed by atoms with E-state index >= 15 is 0 Å². The van der Waals surface area contributed by atoms with Crippen molar-refractivity contribution >= 4 is 28.3 Å². The minimum atomic E-state index is 0. The van der Waals surface area contributed by atoms with E-state index in [4.69, 9.17) is 0 Å². The van der Waals surface area contributed by atoms with Crippen LogP contribution in [0, 0.1) is 0 Å². The van der Waals surface area contributed by atoms with Gasteiger partial charge in [0.05, 0.1) is 0 Å². The first-order valence-corrected chi connectivity index (χ1v) is 0. The van der Waals surface area contributed by atoms with Gasteiger partial charge in [-0.3, -0.25) is 0 Å². The Morgan fingerprint density at radius 1 is 1.00 bits per heavy atom. The summed E-state index contributed by atoms with van der Waals surface area (Å²) in [5, 5.41) is 0. The molecule has 1 radical (unpaired) electrons. The third kappa shape index (κ3) is 31.3. The average molecular weight is 242 g/mol. The number of hydrogen-bond acceptors (Lipinski definition) is 0. The molecular weight excluding hydrogens is 230 g/mol.